The number of amides is 2. The second kappa shape index (κ2) is 26.4. The number of nitrogen functional groups attached to an aromatic ring is 2. The van der Waals surface area contributed by atoms with Gasteiger partial charge in [0.05, 0.1) is 47.5 Å². The van der Waals surface area contributed by atoms with E-state index >= 15 is 0 Å². The number of carbonyl (C=O) groups excluding carboxylic acids is 2. The lowest BCUT2D eigenvalue weighted by atomic mass is 10.00. The van der Waals surface area contributed by atoms with E-state index in [9.17, 15) is 9.59 Å². The number of hydrogen-bond donors (Lipinski definition) is 4. The monoisotopic (exact) mass is 992 g/mol. The van der Waals surface area contributed by atoms with Gasteiger partial charge in [-0.3, -0.25) is 9.59 Å². The molecule has 2 amide bonds. The van der Waals surface area contributed by atoms with Crippen LogP contribution in [0.5, 0.6) is 0 Å². The minimum absolute atomic E-state index is 0.0117. The third kappa shape index (κ3) is 15.0. The maximum atomic E-state index is 12.0. The van der Waals surface area contributed by atoms with Crippen molar-refractivity contribution in [2.24, 2.45) is 5.41 Å². The summed E-state index contributed by atoms with van der Waals surface area (Å²) in [5.74, 6) is 1.03. The Morgan fingerprint density at radius 2 is 1.20 bits per heavy atom. The minimum atomic E-state index is -0.155. The van der Waals surface area contributed by atoms with Crippen molar-refractivity contribution in [1.82, 2.24) is 40.5 Å². The maximum Gasteiger partial charge on any atom is 0.251 e. The fourth-order valence-corrected chi connectivity index (χ4v) is 8.23. The molecule has 0 bridgehead atoms. The second-order valence-corrected chi connectivity index (χ2v) is 18.1. The highest BCUT2D eigenvalue weighted by atomic mass is 35.5. The molecule has 10 rings (SSSR count). The average molecular weight is 993 g/mol. The summed E-state index contributed by atoms with van der Waals surface area (Å²) >= 11 is 5.81. The Morgan fingerprint density at radius 3 is 1.65 bits per heavy atom. The number of nitrogens with two attached hydrogens (primary N) is 2. The molecule has 4 aromatic heterocycles. The molecule has 2 aliphatic carbocycles. The molecule has 4 aliphatic rings. The number of carbonyl (C=O) groups is 2. The number of fused-ring (bicyclic) bond motifs is 2. The molecule has 6 N–H and O–H groups in total. The first-order chi connectivity index (χ1) is 34.4. The van der Waals surface area contributed by atoms with Gasteiger partial charge in [0.2, 0.25) is 11.2 Å². The van der Waals surface area contributed by atoms with Crippen molar-refractivity contribution in [1.29, 1.82) is 0 Å². The van der Waals surface area contributed by atoms with E-state index in [2.05, 4.69) is 49.3 Å². The van der Waals surface area contributed by atoms with E-state index in [1.54, 1.807) is 50.5 Å². The van der Waals surface area contributed by atoms with Crippen LogP contribution in [0.1, 0.15) is 99.8 Å². The van der Waals surface area contributed by atoms with Crippen LogP contribution in [-0.2, 0) is 18.9 Å². The summed E-state index contributed by atoms with van der Waals surface area (Å²) in [6, 6.07) is 21.9. The van der Waals surface area contributed by atoms with Crippen molar-refractivity contribution < 1.29 is 28.5 Å². The Kier molecular flexibility index (Phi) is 20.1. The number of morpholine rings is 1. The molecule has 2 spiro atoms. The van der Waals surface area contributed by atoms with Gasteiger partial charge in [-0.2, -0.15) is 15.0 Å². The molecule has 2 aliphatic heterocycles. The summed E-state index contributed by atoms with van der Waals surface area (Å²) in [7, 11) is 3.20. The number of ether oxygens (including phenoxy) is 4. The number of pyridine rings is 2. The smallest absolute Gasteiger partial charge is 0.251 e. The lowest BCUT2D eigenvalue weighted by Crippen LogP contribution is -2.48. The highest BCUT2D eigenvalue weighted by molar-refractivity contribution is 6.28. The number of hydrogen-bond acceptors (Lipinski definition) is 15. The summed E-state index contributed by atoms with van der Waals surface area (Å²) in [5, 5.41) is 6.64. The van der Waals surface area contributed by atoms with Crippen molar-refractivity contribution >= 4 is 63.1 Å². The van der Waals surface area contributed by atoms with E-state index in [0.29, 0.717) is 63.9 Å². The molecule has 71 heavy (non-hydrogen) atoms. The third-order valence-corrected chi connectivity index (χ3v) is 12.5. The number of aromatic nitrogens is 6. The van der Waals surface area contributed by atoms with E-state index in [0.717, 1.165) is 94.1 Å². The topological polar surface area (TPSA) is 228 Å². The number of nitrogens with one attached hydrogen (secondary N) is 2. The van der Waals surface area contributed by atoms with Crippen LogP contribution in [0.15, 0.2) is 72.8 Å². The Labute approximate surface area is 422 Å². The molecule has 17 nitrogen and oxygen atoms in total. The van der Waals surface area contributed by atoms with Crippen molar-refractivity contribution in [3.63, 3.8) is 0 Å². The van der Waals surface area contributed by atoms with Gasteiger partial charge >= 0.3 is 0 Å². The molecule has 6 heterocycles. The Bertz CT molecular complexity index is 2680. The van der Waals surface area contributed by atoms with Crippen LogP contribution >= 0.6 is 11.6 Å². The zero-order valence-electron chi connectivity index (χ0n) is 42.1. The molecular weight excluding hydrogens is 922 g/mol. The van der Waals surface area contributed by atoms with E-state index in [-0.39, 0.29) is 28.5 Å². The van der Waals surface area contributed by atoms with Crippen LogP contribution in [0.2, 0.25) is 5.28 Å². The van der Waals surface area contributed by atoms with Gasteiger partial charge < -0.3 is 45.9 Å². The standard InChI is InChI=1S/C21H22N6O2.C15H12ClN5O.C7H12O.2C5H12O/c1-23-19(28)14-4-2-3-13(11-14)16-6-5-15-17(22)25-20(26-18(15)24-16)27-9-10-29-12-21(27)7-8-21;1-18-14(22)9-4-2-3-8(7-9)11-6-5-10-12(17)20-15(16)21-13(10)19-11;1-2-7(3-4-7)6-8-5-1;2*1-3-5-6-4-2/h2-6,11H,7-10,12H2,1H3,(H,23,28)(H2,22,24,25,26);2-7H,1H3,(H,18,22)(H2,17,19,20,21);1-6H2;2*3-5H2,1-2H3. The van der Waals surface area contributed by atoms with Gasteiger partial charge in [0.1, 0.15) is 11.6 Å². The molecular formula is C53H70ClN11O6. The maximum absolute atomic E-state index is 12.0. The van der Waals surface area contributed by atoms with Crippen LogP contribution in [0.4, 0.5) is 17.6 Å². The van der Waals surface area contributed by atoms with E-state index in [1.807, 2.05) is 50.2 Å². The summed E-state index contributed by atoms with van der Waals surface area (Å²) in [6.45, 7) is 16.0. The van der Waals surface area contributed by atoms with Crippen LogP contribution in [-0.4, -0.2) is 121 Å². The van der Waals surface area contributed by atoms with E-state index in [4.69, 9.17) is 52.0 Å². The quantitative estimate of drug-likeness (QED) is 0.0703. The molecule has 0 unspecified atom stereocenters. The van der Waals surface area contributed by atoms with Crippen LogP contribution in [0.3, 0.4) is 0 Å². The first-order valence-corrected chi connectivity index (χ1v) is 25.1. The van der Waals surface area contributed by atoms with Gasteiger partial charge in [-0.1, -0.05) is 38.1 Å². The molecule has 18 heteroatoms. The number of nitrogens with zero attached hydrogens (tertiary/aromatic N) is 7. The SMILES string of the molecule is C1COCC2(C1)CC2.CCCOCC.CCCOCC.CNC(=O)c1cccc(-c2ccc3c(N)nc(Cl)nc3n2)c1.CNC(=O)c1cccc(-c2ccc3c(N)nc(N4CCOCC45CC5)nc3n2)c1. The predicted molar refractivity (Wildman–Crippen MR) is 282 cm³/mol. The van der Waals surface area contributed by atoms with Crippen molar-refractivity contribution in [2.75, 3.05) is 89.9 Å². The highest BCUT2D eigenvalue weighted by Gasteiger charge is 2.51. The lowest BCUT2D eigenvalue weighted by Gasteiger charge is -2.36. The van der Waals surface area contributed by atoms with Crippen LogP contribution in [0, 0.1) is 5.41 Å². The number of rotatable bonds is 11. The molecule has 2 saturated heterocycles. The van der Waals surface area contributed by atoms with Crippen molar-refractivity contribution in [2.45, 2.75) is 84.6 Å². The van der Waals surface area contributed by atoms with Crippen LogP contribution in [0.25, 0.3) is 44.6 Å². The van der Waals surface area contributed by atoms with Gasteiger partial charge in [0.15, 0.2) is 11.3 Å². The Morgan fingerprint density at radius 1 is 0.662 bits per heavy atom. The van der Waals surface area contributed by atoms with E-state index in [1.165, 1.54) is 25.7 Å². The third-order valence-electron chi connectivity index (χ3n) is 12.4. The summed E-state index contributed by atoms with van der Waals surface area (Å²) in [5.41, 5.74) is 17.9. The fraction of sp³-hybridized carbons (Fsp3) is 0.472. The zero-order chi connectivity index (χ0) is 50.8. The summed E-state index contributed by atoms with van der Waals surface area (Å²) in [4.78, 5) is 52.3. The molecule has 0 atom stereocenters. The van der Waals surface area contributed by atoms with E-state index < -0.39 is 0 Å². The number of benzene rings is 2. The van der Waals surface area contributed by atoms with Crippen molar-refractivity contribution in [3.8, 4) is 22.5 Å². The zero-order valence-corrected chi connectivity index (χ0v) is 42.8. The highest BCUT2D eigenvalue weighted by Crippen LogP contribution is 2.51. The first-order valence-electron chi connectivity index (χ1n) is 24.7. The largest absolute Gasteiger partial charge is 0.383 e. The van der Waals surface area contributed by atoms with Crippen molar-refractivity contribution in [3.05, 3.63) is 89.2 Å². The Balaban J connectivity index is 0.000000171. The average Bonchev–Trinajstić information content (AvgIpc) is 4.35. The molecule has 2 aromatic carbocycles. The van der Waals surface area contributed by atoms with Gasteiger partial charge in [-0.05, 0) is 131 Å². The van der Waals surface area contributed by atoms with Gasteiger partial charge in [0.25, 0.3) is 11.8 Å². The molecule has 4 fully saturated rings. The molecule has 0 radical (unpaired) electrons. The van der Waals surface area contributed by atoms with Gasteiger partial charge in [-0.15, -0.1) is 0 Å². The van der Waals surface area contributed by atoms with Gasteiger partial charge in [0, 0.05) is 75.9 Å². The Hall–Kier alpha value is -6.11. The summed E-state index contributed by atoms with van der Waals surface area (Å²) < 4.78 is 21.0. The normalized spacial score (nSPS) is 15.7. The number of anilines is 3. The number of halogens is 1. The van der Waals surface area contributed by atoms with Gasteiger partial charge in [-0.25, -0.2) is 15.0 Å². The first kappa shape index (κ1) is 54.2. The molecule has 6 aromatic rings. The predicted octanol–water partition coefficient (Wildman–Crippen LogP) is 8.73. The molecule has 2 saturated carbocycles. The summed E-state index contributed by atoms with van der Waals surface area (Å²) in [6.07, 6.45) is 10.0. The van der Waals surface area contributed by atoms with Crippen LogP contribution < -0.4 is 27.0 Å². The second-order valence-electron chi connectivity index (χ2n) is 17.7. The minimum Gasteiger partial charge on any atom is -0.383 e. The lowest BCUT2D eigenvalue weighted by molar-refractivity contribution is 0.0436. The fourth-order valence-electron chi connectivity index (χ4n) is 8.06. The molecule has 380 valence electrons.